The number of nitrogens with one attached hydrogen (secondary N) is 2. The Kier molecular flexibility index (Phi) is 4.76. The van der Waals surface area contributed by atoms with Crippen molar-refractivity contribution in [2.45, 2.75) is 26.3 Å². The minimum Gasteiger partial charge on any atom is -0.374 e. The van der Waals surface area contributed by atoms with E-state index in [1.165, 1.54) is 12.1 Å². The van der Waals surface area contributed by atoms with Crippen molar-refractivity contribution in [3.05, 3.63) is 30.1 Å². The molecule has 0 saturated heterocycles. The number of hydrogen-bond acceptors (Lipinski definition) is 2. The Labute approximate surface area is 95.0 Å². The second kappa shape index (κ2) is 6.10. The molecule has 0 spiro atoms. The molecule has 0 heterocycles. The second-order valence-corrected chi connectivity index (χ2v) is 3.66. The van der Waals surface area contributed by atoms with Crippen LogP contribution in [0, 0.1) is 5.82 Å². The van der Waals surface area contributed by atoms with Gasteiger partial charge in [-0.3, -0.25) is 4.79 Å². The smallest absolute Gasteiger partial charge is 0.242 e. The van der Waals surface area contributed by atoms with E-state index in [0.29, 0.717) is 6.54 Å². The second-order valence-electron chi connectivity index (χ2n) is 3.66. The van der Waals surface area contributed by atoms with E-state index in [-0.39, 0.29) is 17.8 Å². The summed E-state index contributed by atoms with van der Waals surface area (Å²) in [4.78, 5) is 11.5. The molecular weight excluding hydrogens is 207 g/mol. The summed E-state index contributed by atoms with van der Waals surface area (Å²) in [6, 6.07) is 5.62. The minimum absolute atomic E-state index is 0.0498. The molecule has 2 N–H and O–H groups in total. The summed E-state index contributed by atoms with van der Waals surface area (Å²) < 4.78 is 12.6. The van der Waals surface area contributed by atoms with E-state index < -0.39 is 0 Å². The van der Waals surface area contributed by atoms with Crippen LogP contribution in [0.15, 0.2) is 24.3 Å². The van der Waals surface area contributed by atoms with Gasteiger partial charge >= 0.3 is 0 Å². The fourth-order valence-corrected chi connectivity index (χ4v) is 1.26. The highest BCUT2D eigenvalue weighted by Crippen LogP contribution is 2.09. The van der Waals surface area contributed by atoms with E-state index in [4.69, 9.17) is 0 Å². The van der Waals surface area contributed by atoms with Crippen molar-refractivity contribution in [1.82, 2.24) is 5.32 Å². The molecule has 1 rings (SSSR count). The number of carbonyl (C=O) groups excluding carboxylic acids is 1. The Hall–Kier alpha value is -1.58. The van der Waals surface area contributed by atoms with Crippen LogP contribution in [0.3, 0.4) is 0 Å². The van der Waals surface area contributed by atoms with Crippen LogP contribution < -0.4 is 10.6 Å². The molecular formula is C12H17FN2O. The Bertz CT molecular complexity index is 337. The van der Waals surface area contributed by atoms with Gasteiger partial charge in [0.25, 0.3) is 0 Å². The predicted molar refractivity (Wildman–Crippen MR) is 62.8 cm³/mol. The number of benzene rings is 1. The lowest BCUT2D eigenvalue weighted by Gasteiger charge is -2.14. The van der Waals surface area contributed by atoms with Crippen molar-refractivity contribution in [3.63, 3.8) is 0 Å². The molecule has 0 aliphatic rings. The molecule has 1 aromatic carbocycles. The van der Waals surface area contributed by atoms with Crippen LogP contribution in [-0.4, -0.2) is 18.5 Å². The molecule has 0 bridgehead atoms. The number of carbonyl (C=O) groups is 1. The standard InChI is InChI=1S/C12H17FN2O/c1-3-8-14-12(16)9(2)15-11-6-4-10(13)5-7-11/h4-7,9,15H,3,8H2,1-2H3,(H,14,16). The zero-order valence-corrected chi connectivity index (χ0v) is 9.59. The summed E-state index contributed by atoms with van der Waals surface area (Å²) in [6.07, 6.45) is 0.912. The Morgan fingerprint density at radius 1 is 1.38 bits per heavy atom. The molecule has 0 radical (unpaired) electrons. The molecule has 1 amide bonds. The molecule has 0 fully saturated rings. The number of hydrogen-bond donors (Lipinski definition) is 2. The SMILES string of the molecule is CCCNC(=O)C(C)Nc1ccc(F)cc1. The largest absolute Gasteiger partial charge is 0.374 e. The first-order valence-corrected chi connectivity index (χ1v) is 5.43. The molecule has 1 unspecified atom stereocenters. The topological polar surface area (TPSA) is 41.1 Å². The normalized spacial score (nSPS) is 11.9. The number of amides is 1. The Balaban J connectivity index is 2.47. The van der Waals surface area contributed by atoms with Crippen LogP contribution in [-0.2, 0) is 4.79 Å². The first-order valence-electron chi connectivity index (χ1n) is 5.43. The third kappa shape index (κ3) is 3.88. The third-order valence-corrected chi connectivity index (χ3v) is 2.17. The quantitative estimate of drug-likeness (QED) is 0.804. The summed E-state index contributed by atoms with van der Waals surface area (Å²) in [5, 5.41) is 5.79. The van der Waals surface area contributed by atoms with Gasteiger partial charge in [0.05, 0.1) is 0 Å². The summed E-state index contributed by atoms with van der Waals surface area (Å²) in [6.45, 7) is 4.45. The van der Waals surface area contributed by atoms with Gasteiger partial charge in [-0.15, -0.1) is 0 Å². The number of rotatable bonds is 5. The maximum absolute atomic E-state index is 12.6. The zero-order valence-electron chi connectivity index (χ0n) is 9.59. The molecule has 4 heteroatoms. The highest BCUT2D eigenvalue weighted by Gasteiger charge is 2.11. The molecule has 16 heavy (non-hydrogen) atoms. The molecule has 3 nitrogen and oxygen atoms in total. The molecule has 0 saturated carbocycles. The van der Waals surface area contributed by atoms with Crippen molar-refractivity contribution in [3.8, 4) is 0 Å². The van der Waals surface area contributed by atoms with E-state index >= 15 is 0 Å². The van der Waals surface area contributed by atoms with Gasteiger partial charge in [0, 0.05) is 12.2 Å². The molecule has 1 atom stereocenters. The van der Waals surface area contributed by atoms with Crippen LogP contribution in [0.1, 0.15) is 20.3 Å². The van der Waals surface area contributed by atoms with E-state index in [9.17, 15) is 9.18 Å². The average Bonchev–Trinajstić information content (AvgIpc) is 2.29. The van der Waals surface area contributed by atoms with Crippen LogP contribution in [0.2, 0.25) is 0 Å². The highest BCUT2D eigenvalue weighted by atomic mass is 19.1. The summed E-state index contributed by atoms with van der Waals surface area (Å²) >= 11 is 0. The Morgan fingerprint density at radius 2 is 2.00 bits per heavy atom. The lowest BCUT2D eigenvalue weighted by Crippen LogP contribution is -2.37. The first-order chi connectivity index (χ1) is 7.63. The van der Waals surface area contributed by atoms with Crippen LogP contribution in [0.25, 0.3) is 0 Å². The highest BCUT2D eigenvalue weighted by molar-refractivity contribution is 5.84. The van der Waals surface area contributed by atoms with Gasteiger partial charge in [-0.1, -0.05) is 6.92 Å². The monoisotopic (exact) mass is 224 g/mol. The zero-order chi connectivity index (χ0) is 12.0. The first kappa shape index (κ1) is 12.5. The average molecular weight is 224 g/mol. The molecule has 1 aromatic rings. The third-order valence-electron chi connectivity index (χ3n) is 2.17. The minimum atomic E-state index is -0.322. The molecule has 0 aromatic heterocycles. The predicted octanol–water partition coefficient (Wildman–Crippen LogP) is 2.15. The lowest BCUT2D eigenvalue weighted by atomic mass is 10.2. The van der Waals surface area contributed by atoms with Gasteiger partial charge in [-0.05, 0) is 37.6 Å². The van der Waals surface area contributed by atoms with Gasteiger partial charge < -0.3 is 10.6 Å². The van der Waals surface area contributed by atoms with Crippen molar-refractivity contribution >= 4 is 11.6 Å². The van der Waals surface area contributed by atoms with Gasteiger partial charge in [-0.2, -0.15) is 0 Å². The molecule has 0 aliphatic carbocycles. The van der Waals surface area contributed by atoms with Crippen LogP contribution in [0.4, 0.5) is 10.1 Å². The van der Waals surface area contributed by atoms with Crippen molar-refractivity contribution in [1.29, 1.82) is 0 Å². The van der Waals surface area contributed by atoms with Gasteiger partial charge in [0.15, 0.2) is 0 Å². The van der Waals surface area contributed by atoms with Gasteiger partial charge in [0.2, 0.25) is 5.91 Å². The summed E-state index contributed by atoms with van der Waals surface area (Å²) in [5.74, 6) is -0.334. The fraction of sp³-hybridized carbons (Fsp3) is 0.417. The van der Waals surface area contributed by atoms with Crippen molar-refractivity contribution in [2.75, 3.05) is 11.9 Å². The molecule has 0 aliphatic heterocycles. The summed E-state index contributed by atoms with van der Waals surface area (Å²) in [5.41, 5.74) is 0.737. The van der Waals surface area contributed by atoms with E-state index in [1.807, 2.05) is 6.92 Å². The maximum Gasteiger partial charge on any atom is 0.242 e. The van der Waals surface area contributed by atoms with Crippen LogP contribution >= 0.6 is 0 Å². The van der Waals surface area contributed by atoms with Gasteiger partial charge in [-0.25, -0.2) is 4.39 Å². The Morgan fingerprint density at radius 3 is 2.56 bits per heavy atom. The number of anilines is 1. The van der Waals surface area contributed by atoms with E-state index in [0.717, 1.165) is 12.1 Å². The van der Waals surface area contributed by atoms with E-state index in [1.54, 1.807) is 19.1 Å². The van der Waals surface area contributed by atoms with Crippen molar-refractivity contribution in [2.24, 2.45) is 0 Å². The van der Waals surface area contributed by atoms with Crippen molar-refractivity contribution < 1.29 is 9.18 Å². The lowest BCUT2D eigenvalue weighted by molar-refractivity contribution is -0.121. The number of halogens is 1. The maximum atomic E-state index is 12.6. The summed E-state index contributed by atoms with van der Waals surface area (Å²) in [7, 11) is 0. The van der Waals surface area contributed by atoms with Gasteiger partial charge in [0.1, 0.15) is 11.9 Å². The molecule has 88 valence electrons. The van der Waals surface area contributed by atoms with Crippen LogP contribution in [0.5, 0.6) is 0 Å². The fourth-order valence-electron chi connectivity index (χ4n) is 1.26. The van der Waals surface area contributed by atoms with E-state index in [2.05, 4.69) is 10.6 Å².